The van der Waals surface area contributed by atoms with E-state index >= 15 is 0 Å². The van der Waals surface area contributed by atoms with Crippen LogP contribution in [0.3, 0.4) is 0 Å². The molecule has 3 aromatic heterocycles. The zero-order valence-electron chi connectivity index (χ0n) is 17.9. The van der Waals surface area contributed by atoms with E-state index in [0.717, 1.165) is 33.3 Å². The predicted molar refractivity (Wildman–Crippen MR) is 127 cm³/mol. The molecule has 0 aliphatic rings. The Bertz CT molecular complexity index is 1470. The molecule has 1 N–H and O–H groups in total. The van der Waals surface area contributed by atoms with E-state index in [9.17, 15) is 8.78 Å². The van der Waals surface area contributed by atoms with E-state index in [1.54, 1.807) is 36.8 Å². The topological polar surface area (TPSA) is 50.7 Å². The van der Waals surface area contributed by atoms with Crippen LogP contribution in [-0.2, 0) is 6.54 Å². The van der Waals surface area contributed by atoms with E-state index < -0.39 is 11.6 Å². The Kier molecular flexibility index (Phi) is 5.48. The first kappa shape index (κ1) is 20.7. The third kappa shape index (κ3) is 4.41. The van der Waals surface area contributed by atoms with Gasteiger partial charge in [-0.25, -0.2) is 13.8 Å². The van der Waals surface area contributed by atoms with Crippen LogP contribution in [0.2, 0.25) is 0 Å². The molecule has 4 nitrogen and oxygen atoms in total. The average Bonchev–Trinajstić information content (AvgIpc) is 2.82. The zero-order chi connectivity index (χ0) is 22.8. The molecule has 162 valence electrons. The fourth-order valence-electron chi connectivity index (χ4n) is 3.82. The lowest BCUT2D eigenvalue weighted by atomic mass is 10.0. The van der Waals surface area contributed by atoms with Crippen molar-refractivity contribution in [2.75, 3.05) is 5.32 Å². The molecule has 0 aliphatic heterocycles. The number of aromatic nitrogens is 3. The highest BCUT2D eigenvalue weighted by Crippen LogP contribution is 2.27. The molecule has 0 aliphatic carbocycles. The zero-order valence-corrected chi connectivity index (χ0v) is 17.9. The highest BCUT2D eigenvalue weighted by molar-refractivity contribution is 5.93. The number of halogens is 2. The van der Waals surface area contributed by atoms with E-state index in [2.05, 4.69) is 20.3 Å². The summed E-state index contributed by atoms with van der Waals surface area (Å²) in [5, 5.41) is 5.16. The first-order chi connectivity index (χ1) is 16.1. The van der Waals surface area contributed by atoms with Crippen molar-refractivity contribution in [2.45, 2.75) is 13.5 Å². The van der Waals surface area contributed by atoms with Gasteiger partial charge in [0.1, 0.15) is 17.5 Å². The van der Waals surface area contributed by atoms with Gasteiger partial charge in [-0.2, -0.15) is 0 Å². The van der Waals surface area contributed by atoms with Gasteiger partial charge in [-0.05, 0) is 65.9 Å². The summed E-state index contributed by atoms with van der Waals surface area (Å²) < 4.78 is 28.2. The number of pyridine rings is 3. The summed E-state index contributed by atoms with van der Waals surface area (Å²) in [5.41, 5.74) is 4.42. The molecule has 0 saturated heterocycles. The third-order valence-corrected chi connectivity index (χ3v) is 5.47. The van der Waals surface area contributed by atoms with Crippen LogP contribution in [0.1, 0.15) is 11.3 Å². The van der Waals surface area contributed by atoms with Crippen molar-refractivity contribution >= 4 is 16.6 Å². The molecule has 3 heterocycles. The maximum atomic E-state index is 14.7. The molecule has 0 saturated carbocycles. The van der Waals surface area contributed by atoms with Gasteiger partial charge in [0.15, 0.2) is 0 Å². The normalized spacial score (nSPS) is 11.0. The Balaban J connectivity index is 1.38. The smallest absolute Gasteiger partial charge is 0.135 e. The molecule has 33 heavy (non-hydrogen) atoms. The Morgan fingerprint density at radius 3 is 2.52 bits per heavy atom. The lowest BCUT2D eigenvalue weighted by molar-refractivity contribution is 0.624. The van der Waals surface area contributed by atoms with Crippen LogP contribution in [-0.4, -0.2) is 15.0 Å². The van der Waals surface area contributed by atoms with E-state index in [0.29, 0.717) is 23.5 Å². The van der Waals surface area contributed by atoms with Crippen LogP contribution in [0, 0.1) is 18.6 Å². The van der Waals surface area contributed by atoms with Crippen molar-refractivity contribution in [3.8, 4) is 22.4 Å². The molecule has 0 unspecified atom stereocenters. The number of benzene rings is 2. The van der Waals surface area contributed by atoms with Crippen LogP contribution in [0.25, 0.3) is 33.2 Å². The molecule has 0 radical (unpaired) electrons. The van der Waals surface area contributed by atoms with Crippen LogP contribution < -0.4 is 5.32 Å². The number of hydrogen-bond acceptors (Lipinski definition) is 4. The standard InChI is InChI=1S/C27H20F2N4/c1-17-11-21(8-9-30-17)26-14-20-7-10-31-27(24(20)16-32-26)33-15-18-5-6-23(25(29)12-18)19-3-2-4-22(28)13-19/h2-14,16H,15H2,1H3,(H,31,33). The number of nitrogens with zero attached hydrogens (tertiary/aromatic N) is 3. The van der Waals surface area contributed by atoms with Gasteiger partial charge < -0.3 is 5.32 Å². The molecule has 0 bridgehead atoms. The highest BCUT2D eigenvalue weighted by atomic mass is 19.1. The van der Waals surface area contributed by atoms with Crippen LogP contribution >= 0.6 is 0 Å². The predicted octanol–water partition coefficient (Wildman–Crippen LogP) is 6.56. The monoisotopic (exact) mass is 438 g/mol. The summed E-state index contributed by atoms with van der Waals surface area (Å²) in [6.07, 6.45) is 5.30. The SMILES string of the molecule is Cc1cc(-c2cc3ccnc(NCc4ccc(-c5cccc(F)c5)c(F)c4)c3cn2)ccn1. The molecule has 0 atom stereocenters. The van der Waals surface area contributed by atoms with E-state index in [1.165, 1.54) is 18.2 Å². The number of hydrogen-bond donors (Lipinski definition) is 1. The van der Waals surface area contributed by atoms with E-state index in [4.69, 9.17) is 0 Å². The van der Waals surface area contributed by atoms with Gasteiger partial charge in [-0.3, -0.25) is 9.97 Å². The summed E-state index contributed by atoms with van der Waals surface area (Å²) >= 11 is 0. The van der Waals surface area contributed by atoms with E-state index in [1.807, 2.05) is 37.3 Å². The third-order valence-electron chi connectivity index (χ3n) is 5.47. The van der Waals surface area contributed by atoms with Gasteiger partial charge in [-0.15, -0.1) is 0 Å². The minimum atomic E-state index is -0.398. The number of fused-ring (bicyclic) bond motifs is 1. The number of nitrogens with one attached hydrogen (secondary N) is 1. The second kappa shape index (κ2) is 8.74. The van der Waals surface area contributed by atoms with Gasteiger partial charge in [0.25, 0.3) is 0 Å². The van der Waals surface area contributed by atoms with Gasteiger partial charge in [-0.1, -0.05) is 24.3 Å². The molecule has 0 fully saturated rings. The Morgan fingerprint density at radius 1 is 0.818 bits per heavy atom. The molecule has 0 spiro atoms. The van der Waals surface area contributed by atoms with Crippen molar-refractivity contribution in [3.63, 3.8) is 0 Å². The average molecular weight is 438 g/mol. The second-order valence-electron chi connectivity index (χ2n) is 7.81. The first-order valence-electron chi connectivity index (χ1n) is 10.5. The van der Waals surface area contributed by atoms with E-state index in [-0.39, 0.29) is 0 Å². The van der Waals surface area contributed by atoms with Gasteiger partial charge >= 0.3 is 0 Å². The Labute approximate surface area is 190 Å². The van der Waals surface area contributed by atoms with Crippen LogP contribution in [0.4, 0.5) is 14.6 Å². The van der Waals surface area contributed by atoms with Crippen LogP contribution in [0.15, 0.2) is 85.3 Å². The molecule has 5 rings (SSSR count). The number of anilines is 1. The summed E-state index contributed by atoms with van der Waals surface area (Å²) in [4.78, 5) is 13.3. The number of aryl methyl sites for hydroxylation is 1. The minimum absolute atomic E-state index is 0.365. The lowest BCUT2D eigenvalue weighted by Gasteiger charge is -2.11. The largest absolute Gasteiger partial charge is 0.365 e. The molecule has 6 heteroatoms. The van der Waals surface area contributed by atoms with Crippen molar-refractivity contribution in [1.82, 2.24) is 15.0 Å². The van der Waals surface area contributed by atoms with Gasteiger partial charge in [0, 0.05) is 47.3 Å². The summed E-state index contributed by atoms with van der Waals surface area (Å²) in [5.74, 6) is -0.118. The maximum absolute atomic E-state index is 14.7. The highest BCUT2D eigenvalue weighted by Gasteiger charge is 2.09. The van der Waals surface area contributed by atoms with Gasteiger partial charge in [0.2, 0.25) is 0 Å². The second-order valence-corrected chi connectivity index (χ2v) is 7.81. The molecular weight excluding hydrogens is 418 g/mol. The fourth-order valence-corrected chi connectivity index (χ4v) is 3.82. The molecule has 0 amide bonds. The van der Waals surface area contributed by atoms with Crippen molar-refractivity contribution < 1.29 is 8.78 Å². The quantitative estimate of drug-likeness (QED) is 0.338. The summed E-state index contributed by atoms with van der Waals surface area (Å²) in [7, 11) is 0. The Hall–Kier alpha value is -4.19. The van der Waals surface area contributed by atoms with Crippen molar-refractivity contribution in [1.29, 1.82) is 0 Å². The maximum Gasteiger partial charge on any atom is 0.135 e. The summed E-state index contributed by atoms with van der Waals surface area (Å²) in [6.45, 7) is 2.34. The Morgan fingerprint density at radius 2 is 1.70 bits per heavy atom. The van der Waals surface area contributed by atoms with Crippen molar-refractivity contribution in [2.24, 2.45) is 0 Å². The van der Waals surface area contributed by atoms with Gasteiger partial charge in [0.05, 0.1) is 5.69 Å². The molecule has 5 aromatic rings. The lowest BCUT2D eigenvalue weighted by Crippen LogP contribution is -2.03. The summed E-state index contributed by atoms with van der Waals surface area (Å²) in [6, 6.07) is 18.8. The first-order valence-corrected chi connectivity index (χ1v) is 10.5. The molecule has 2 aromatic carbocycles. The van der Waals surface area contributed by atoms with Crippen molar-refractivity contribution in [3.05, 3.63) is 108 Å². The van der Waals surface area contributed by atoms with Crippen LogP contribution in [0.5, 0.6) is 0 Å². The molecular formula is C27H20F2N4. The number of rotatable bonds is 5. The fraction of sp³-hybridized carbons (Fsp3) is 0.0741. The minimum Gasteiger partial charge on any atom is -0.365 e.